The van der Waals surface area contributed by atoms with Gasteiger partial charge in [-0.3, -0.25) is 9.78 Å². The molecule has 0 atom stereocenters. The molecule has 0 saturated heterocycles. The van der Waals surface area contributed by atoms with E-state index in [4.69, 9.17) is 0 Å². The van der Waals surface area contributed by atoms with Crippen LogP contribution in [0.5, 0.6) is 0 Å². The van der Waals surface area contributed by atoms with Gasteiger partial charge in [-0.25, -0.2) is 4.98 Å². The summed E-state index contributed by atoms with van der Waals surface area (Å²) in [7, 11) is 0. The summed E-state index contributed by atoms with van der Waals surface area (Å²) in [6.07, 6.45) is 9.44. The van der Waals surface area contributed by atoms with Gasteiger partial charge in [0.25, 0.3) is 5.56 Å². The third-order valence-corrected chi connectivity index (χ3v) is 4.13. The van der Waals surface area contributed by atoms with Crippen LogP contribution in [0.3, 0.4) is 0 Å². The van der Waals surface area contributed by atoms with Crippen LogP contribution >= 0.6 is 0 Å². The molecule has 0 aliphatic carbocycles. The highest BCUT2D eigenvalue weighted by Crippen LogP contribution is 2.19. The first-order valence-electron chi connectivity index (χ1n) is 7.73. The lowest BCUT2D eigenvalue weighted by Crippen LogP contribution is -2.21. The van der Waals surface area contributed by atoms with Gasteiger partial charge in [-0.05, 0) is 25.5 Å². The van der Waals surface area contributed by atoms with E-state index in [1.54, 1.807) is 24.9 Å². The number of H-pyrrole nitrogens is 1. The Labute approximate surface area is 137 Å². The van der Waals surface area contributed by atoms with Gasteiger partial charge >= 0.3 is 0 Å². The van der Waals surface area contributed by atoms with Crippen molar-refractivity contribution in [2.75, 3.05) is 0 Å². The number of imidazole rings is 1. The van der Waals surface area contributed by atoms with Crippen molar-refractivity contribution >= 4 is 5.65 Å². The molecule has 0 bridgehead atoms. The van der Waals surface area contributed by atoms with Crippen LogP contribution in [0.4, 0.5) is 0 Å². The molecule has 0 unspecified atom stereocenters. The Morgan fingerprint density at radius 1 is 1.29 bits per heavy atom. The molecule has 1 N–H and O–H groups in total. The lowest BCUT2D eigenvalue weighted by atomic mass is 10.2. The molecule has 0 aromatic carbocycles. The molecule has 0 radical (unpaired) electrons. The number of hydrogen-bond donors (Lipinski definition) is 1. The zero-order valence-corrected chi connectivity index (χ0v) is 13.4. The van der Waals surface area contributed by atoms with E-state index in [0.29, 0.717) is 12.1 Å². The number of nitrogens with one attached hydrogen (secondary N) is 1. The molecule has 0 spiro atoms. The van der Waals surface area contributed by atoms with E-state index in [1.165, 1.54) is 4.52 Å². The van der Waals surface area contributed by atoms with Crippen molar-refractivity contribution in [3.8, 4) is 16.9 Å². The van der Waals surface area contributed by atoms with Crippen molar-refractivity contribution in [3.05, 3.63) is 64.9 Å². The number of fused-ring (bicyclic) bond motifs is 1. The summed E-state index contributed by atoms with van der Waals surface area (Å²) in [6, 6.07) is 3.83. The van der Waals surface area contributed by atoms with Crippen LogP contribution < -0.4 is 5.56 Å². The number of hydrogen-bond acceptors (Lipinski definition) is 4. The Hall–Kier alpha value is -3.22. The van der Waals surface area contributed by atoms with Crippen LogP contribution in [0.15, 0.2) is 48.0 Å². The van der Waals surface area contributed by atoms with Crippen LogP contribution in [0.25, 0.3) is 22.6 Å². The second-order valence-corrected chi connectivity index (χ2v) is 5.59. The highest BCUT2D eigenvalue weighted by Gasteiger charge is 2.14. The number of rotatable bonds is 3. The maximum absolute atomic E-state index is 12.5. The molecule has 4 aromatic heterocycles. The molecular formula is C17H16N6O. The van der Waals surface area contributed by atoms with Crippen LogP contribution in [0, 0.1) is 6.92 Å². The average molecular weight is 320 g/mol. The van der Waals surface area contributed by atoms with E-state index < -0.39 is 0 Å². The van der Waals surface area contributed by atoms with E-state index in [9.17, 15) is 4.79 Å². The first-order valence-corrected chi connectivity index (χ1v) is 7.73. The van der Waals surface area contributed by atoms with Crippen molar-refractivity contribution in [3.63, 3.8) is 0 Å². The van der Waals surface area contributed by atoms with E-state index >= 15 is 0 Å². The SMILES string of the molecule is CCc1c(C)[nH]c2c(-n3cnc(-c4cccnc4)c3)cnn2c1=O. The molecule has 4 heterocycles. The van der Waals surface area contributed by atoms with E-state index in [0.717, 1.165) is 28.2 Å². The number of aromatic amines is 1. The van der Waals surface area contributed by atoms with Crippen molar-refractivity contribution in [1.29, 1.82) is 0 Å². The van der Waals surface area contributed by atoms with Gasteiger partial charge in [-0.2, -0.15) is 9.61 Å². The number of nitrogens with zero attached hydrogens (tertiary/aromatic N) is 5. The Kier molecular flexibility index (Phi) is 3.26. The van der Waals surface area contributed by atoms with Gasteiger partial charge in [0.2, 0.25) is 0 Å². The Balaban J connectivity index is 1.86. The zero-order chi connectivity index (χ0) is 16.7. The molecule has 120 valence electrons. The molecule has 0 aliphatic heterocycles. The Morgan fingerprint density at radius 3 is 2.92 bits per heavy atom. The van der Waals surface area contributed by atoms with Crippen molar-refractivity contribution < 1.29 is 0 Å². The second-order valence-electron chi connectivity index (χ2n) is 5.59. The monoisotopic (exact) mass is 320 g/mol. The zero-order valence-electron chi connectivity index (χ0n) is 13.4. The minimum Gasteiger partial charge on any atom is -0.342 e. The smallest absolute Gasteiger partial charge is 0.277 e. The standard InChI is InChI=1S/C17H16N6O/c1-3-13-11(2)21-16-15(8-20-23(16)17(13)24)22-9-14(19-10-22)12-5-4-6-18-7-12/h4-10,21H,3H2,1-2H3. The summed E-state index contributed by atoms with van der Waals surface area (Å²) in [6.45, 7) is 3.87. The lowest BCUT2D eigenvalue weighted by molar-refractivity contribution is 0.853. The third kappa shape index (κ3) is 2.13. The fraction of sp³-hybridized carbons (Fsp3) is 0.176. The first kappa shape index (κ1) is 14.4. The van der Waals surface area contributed by atoms with Gasteiger partial charge in [0, 0.05) is 35.4 Å². The van der Waals surface area contributed by atoms with Gasteiger partial charge in [0.05, 0.1) is 11.9 Å². The average Bonchev–Trinajstić information content (AvgIpc) is 3.22. The molecule has 0 saturated carbocycles. The Morgan fingerprint density at radius 2 is 2.17 bits per heavy atom. The topological polar surface area (TPSA) is 80.9 Å². The van der Waals surface area contributed by atoms with Crippen LogP contribution in [0.1, 0.15) is 18.2 Å². The number of pyridine rings is 1. The predicted molar refractivity (Wildman–Crippen MR) is 90.3 cm³/mol. The summed E-state index contributed by atoms with van der Waals surface area (Å²) in [5, 5.41) is 4.24. The first-order chi connectivity index (χ1) is 11.7. The summed E-state index contributed by atoms with van der Waals surface area (Å²) in [4.78, 5) is 24.3. The molecule has 7 heteroatoms. The summed E-state index contributed by atoms with van der Waals surface area (Å²) in [5.74, 6) is 0. The molecule has 0 fully saturated rings. The van der Waals surface area contributed by atoms with E-state index in [-0.39, 0.29) is 5.56 Å². The maximum atomic E-state index is 12.5. The summed E-state index contributed by atoms with van der Waals surface area (Å²) in [5.41, 5.74) is 4.72. The summed E-state index contributed by atoms with van der Waals surface area (Å²) >= 11 is 0. The Bertz CT molecular complexity index is 1070. The fourth-order valence-corrected chi connectivity index (χ4v) is 2.88. The minimum atomic E-state index is -0.0809. The van der Waals surface area contributed by atoms with Crippen LogP contribution in [0.2, 0.25) is 0 Å². The van der Waals surface area contributed by atoms with Gasteiger partial charge in [-0.15, -0.1) is 0 Å². The molecule has 24 heavy (non-hydrogen) atoms. The molecule has 4 aromatic rings. The molecule has 4 rings (SSSR count). The normalized spacial score (nSPS) is 11.2. The predicted octanol–water partition coefficient (Wildman–Crippen LogP) is 2.14. The van der Waals surface area contributed by atoms with Gasteiger partial charge < -0.3 is 9.55 Å². The number of aromatic nitrogens is 6. The van der Waals surface area contributed by atoms with E-state index in [1.807, 2.05) is 36.7 Å². The number of aryl methyl sites for hydroxylation is 1. The third-order valence-electron chi connectivity index (χ3n) is 4.13. The molecule has 7 nitrogen and oxygen atoms in total. The minimum absolute atomic E-state index is 0.0809. The van der Waals surface area contributed by atoms with Gasteiger partial charge in [0.15, 0.2) is 5.65 Å². The second kappa shape index (κ2) is 5.45. The van der Waals surface area contributed by atoms with Crippen LogP contribution in [-0.2, 0) is 6.42 Å². The van der Waals surface area contributed by atoms with Crippen molar-refractivity contribution in [1.82, 2.24) is 29.1 Å². The lowest BCUT2D eigenvalue weighted by Gasteiger charge is -2.05. The van der Waals surface area contributed by atoms with Crippen molar-refractivity contribution in [2.24, 2.45) is 0 Å². The highest BCUT2D eigenvalue weighted by molar-refractivity contribution is 5.62. The quantitative estimate of drug-likeness (QED) is 0.627. The summed E-state index contributed by atoms with van der Waals surface area (Å²) < 4.78 is 3.26. The maximum Gasteiger partial charge on any atom is 0.277 e. The largest absolute Gasteiger partial charge is 0.342 e. The van der Waals surface area contributed by atoms with E-state index in [2.05, 4.69) is 20.1 Å². The van der Waals surface area contributed by atoms with Crippen LogP contribution in [-0.4, -0.2) is 29.1 Å². The molecular weight excluding hydrogens is 304 g/mol. The molecule has 0 amide bonds. The van der Waals surface area contributed by atoms with Crippen molar-refractivity contribution in [2.45, 2.75) is 20.3 Å². The van der Waals surface area contributed by atoms with Gasteiger partial charge in [-0.1, -0.05) is 6.92 Å². The fourth-order valence-electron chi connectivity index (χ4n) is 2.88. The highest BCUT2D eigenvalue weighted by atomic mass is 16.1. The van der Waals surface area contributed by atoms with Gasteiger partial charge in [0.1, 0.15) is 12.0 Å². The molecule has 0 aliphatic rings.